The van der Waals surface area contributed by atoms with Crippen LogP contribution in [0.15, 0.2) is 0 Å². The molecule has 0 radical (unpaired) electrons. The Balaban J connectivity index is 2.41. The second-order valence-corrected chi connectivity index (χ2v) is 3.46. The van der Waals surface area contributed by atoms with E-state index in [1.54, 1.807) is 7.11 Å². The number of pyridine rings is 1. The van der Waals surface area contributed by atoms with Crippen molar-refractivity contribution in [2.24, 2.45) is 0 Å². The Labute approximate surface area is 107 Å². The molecule has 0 fully saturated rings. The van der Waals surface area contributed by atoms with Gasteiger partial charge in [-0.15, -0.1) is 0 Å². The second-order valence-electron chi connectivity index (χ2n) is 3.46. The van der Waals surface area contributed by atoms with Gasteiger partial charge in [-0.05, 0) is 6.42 Å². The fraction of sp³-hybridized carbons (Fsp3) is 0.545. The van der Waals surface area contributed by atoms with Crippen molar-refractivity contribution in [3.63, 3.8) is 0 Å². The zero-order valence-corrected chi connectivity index (χ0v) is 10.2. The van der Waals surface area contributed by atoms with Crippen LogP contribution >= 0.6 is 0 Å². The molecule has 0 bridgehead atoms. The first-order valence-corrected chi connectivity index (χ1v) is 5.47. The van der Waals surface area contributed by atoms with E-state index in [4.69, 9.17) is 9.47 Å². The normalized spacial score (nSPS) is 10.8. The summed E-state index contributed by atoms with van der Waals surface area (Å²) in [6.07, 6.45) is 0.651. The molecular weight excluding hydrogens is 270 g/mol. The Morgan fingerprint density at radius 3 is 2.11 bits per heavy atom. The molecule has 0 amide bonds. The number of nitrogens with zero attached hydrogens (tertiary/aromatic N) is 1. The van der Waals surface area contributed by atoms with Gasteiger partial charge in [0.2, 0.25) is 17.4 Å². The van der Waals surface area contributed by atoms with E-state index in [0.29, 0.717) is 19.6 Å². The molecule has 0 aliphatic heterocycles. The molecule has 108 valence electrons. The summed E-state index contributed by atoms with van der Waals surface area (Å²) in [5, 5.41) is 0. The maximum absolute atomic E-state index is 13.1. The van der Waals surface area contributed by atoms with E-state index in [9.17, 15) is 17.6 Å². The molecule has 0 saturated carbocycles. The van der Waals surface area contributed by atoms with Crippen LogP contribution in [0.1, 0.15) is 6.42 Å². The van der Waals surface area contributed by atoms with Crippen LogP contribution in [0.3, 0.4) is 0 Å². The minimum atomic E-state index is -1.75. The van der Waals surface area contributed by atoms with Crippen molar-refractivity contribution in [3.8, 4) is 5.75 Å². The summed E-state index contributed by atoms with van der Waals surface area (Å²) in [7, 11) is 1.54. The van der Waals surface area contributed by atoms with E-state index in [-0.39, 0.29) is 13.2 Å². The summed E-state index contributed by atoms with van der Waals surface area (Å²) >= 11 is 0. The van der Waals surface area contributed by atoms with E-state index in [1.807, 2.05) is 0 Å². The number of halogens is 4. The molecule has 4 nitrogen and oxygen atoms in total. The molecule has 0 aliphatic carbocycles. The van der Waals surface area contributed by atoms with Crippen LogP contribution in [0.25, 0.3) is 0 Å². The third-order valence-corrected chi connectivity index (χ3v) is 2.07. The van der Waals surface area contributed by atoms with Gasteiger partial charge in [0.05, 0.1) is 6.61 Å². The first-order chi connectivity index (χ1) is 9.07. The van der Waals surface area contributed by atoms with Crippen LogP contribution in [-0.2, 0) is 9.47 Å². The van der Waals surface area contributed by atoms with Gasteiger partial charge in [0.15, 0.2) is 0 Å². The largest absolute Gasteiger partial charge is 0.485 e. The van der Waals surface area contributed by atoms with Gasteiger partial charge in [-0.1, -0.05) is 0 Å². The van der Waals surface area contributed by atoms with Crippen molar-refractivity contribution in [3.05, 3.63) is 23.5 Å². The third-order valence-electron chi connectivity index (χ3n) is 2.07. The summed E-state index contributed by atoms with van der Waals surface area (Å²) in [5.41, 5.74) is 0. The van der Waals surface area contributed by atoms with Crippen LogP contribution in [0, 0.1) is 23.5 Å². The number of aromatic nitrogens is 1. The highest BCUT2D eigenvalue weighted by Gasteiger charge is 2.21. The zero-order chi connectivity index (χ0) is 14.3. The lowest BCUT2D eigenvalue weighted by Crippen LogP contribution is -2.12. The van der Waals surface area contributed by atoms with Gasteiger partial charge in [-0.2, -0.15) is 22.5 Å². The van der Waals surface area contributed by atoms with E-state index in [1.165, 1.54) is 0 Å². The Morgan fingerprint density at radius 1 is 0.895 bits per heavy atom. The van der Waals surface area contributed by atoms with Crippen LogP contribution < -0.4 is 4.74 Å². The van der Waals surface area contributed by atoms with Crippen LogP contribution in [0.5, 0.6) is 5.75 Å². The summed E-state index contributed by atoms with van der Waals surface area (Å²) in [6, 6.07) is 0. The maximum atomic E-state index is 13.1. The molecule has 19 heavy (non-hydrogen) atoms. The predicted molar refractivity (Wildman–Crippen MR) is 56.9 cm³/mol. The topological polar surface area (TPSA) is 40.6 Å². The molecule has 0 aromatic carbocycles. The first kappa shape index (κ1) is 15.6. The van der Waals surface area contributed by atoms with Crippen molar-refractivity contribution in [1.82, 2.24) is 4.98 Å². The highest BCUT2D eigenvalue weighted by molar-refractivity contribution is 5.24. The molecule has 0 aliphatic rings. The minimum absolute atomic E-state index is 0.0220. The van der Waals surface area contributed by atoms with E-state index in [0.717, 1.165) is 0 Å². The number of rotatable bonds is 8. The molecule has 0 atom stereocenters. The molecule has 1 heterocycles. The fourth-order valence-corrected chi connectivity index (χ4v) is 1.20. The fourth-order valence-electron chi connectivity index (χ4n) is 1.20. The lowest BCUT2D eigenvalue weighted by molar-refractivity contribution is 0.0779. The average Bonchev–Trinajstić information content (AvgIpc) is 2.39. The number of methoxy groups -OCH3 is 1. The number of ether oxygens (including phenoxy) is 3. The maximum Gasteiger partial charge on any atom is 0.255 e. The summed E-state index contributed by atoms with van der Waals surface area (Å²) in [6.45, 7) is 0.671. The van der Waals surface area contributed by atoms with Crippen LogP contribution in [-0.4, -0.2) is 38.5 Å². The lowest BCUT2D eigenvalue weighted by atomic mass is 10.4. The SMILES string of the molecule is COCCCOCCOc1c(F)c(F)nc(F)c1F. The Hall–Kier alpha value is -1.41. The van der Waals surface area contributed by atoms with Gasteiger partial charge in [-0.25, -0.2) is 0 Å². The van der Waals surface area contributed by atoms with Gasteiger partial charge >= 0.3 is 0 Å². The standard InChI is InChI=1S/C11H13F4NO3/c1-17-3-2-4-18-5-6-19-9-7(12)10(14)16-11(15)8(9)13/h2-6H2,1H3. The smallest absolute Gasteiger partial charge is 0.255 e. The lowest BCUT2D eigenvalue weighted by Gasteiger charge is -2.09. The Bertz CT molecular complexity index is 391. The number of hydrogen-bond acceptors (Lipinski definition) is 4. The van der Waals surface area contributed by atoms with Crippen molar-refractivity contribution < 1.29 is 31.8 Å². The van der Waals surface area contributed by atoms with E-state index < -0.39 is 29.3 Å². The monoisotopic (exact) mass is 283 g/mol. The summed E-state index contributed by atoms with van der Waals surface area (Å²) in [5.74, 6) is -7.98. The zero-order valence-electron chi connectivity index (χ0n) is 10.2. The highest BCUT2D eigenvalue weighted by Crippen LogP contribution is 2.24. The predicted octanol–water partition coefficient (Wildman–Crippen LogP) is 2.07. The molecular formula is C11H13F4NO3. The summed E-state index contributed by atoms with van der Waals surface area (Å²) in [4.78, 5) is 2.40. The Kier molecular flexibility index (Phi) is 6.51. The highest BCUT2D eigenvalue weighted by atomic mass is 19.2. The van der Waals surface area contributed by atoms with Crippen molar-refractivity contribution >= 4 is 0 Å². The average molecular weight is 283 g/mol. The molecule has 1 aromatic heterocycles. The molecule has 8 heteroatoms. The van der Waals surface area contributed by atoms with E-state index >= 15 is 0 Å². The van der Waals surface area contributed by atoms with Gasteiger partial charge in [0.1, 0.15) is 6.61 Å². The van der Waals surface area contributed by atoms with Gasteiger partial charge in [-0.3, -0.25) is 0 Å². The van der Waals surface area contributed by atoms with Gasteiger partial charge in [0, 0.05) is 20.3 Å². The molecule has 0 spiro atoms. The third kappa shape index (κ3) is 4.64. The Morgan fingerprint density at radius 2 is 1.53 bits per heavy atom. The van der Waals surface area contributed by atoms with Crippen LogP contribution in [0.4, 0.5) is 17.6 Å². The molecule has 1 rings (SSSR count). The van der Waals surface area contributed by atoms with Gasteiger partial charge < -0.3 is 14.2 Å². The molecule has 0 unspecified atom stereocenters. The number of hydrogen-bond donors (Lipinski definition) is 0. The first-order valence-electron chi connectivity index (χ1n) is 5.47. The second kappa shape index (κ2) is 7.90. The minimum Gasteiger partial charge on any atom is -0.485 e. The van der Waals surface area contributed by atoms with Gasteiger partial charge in [0.25, 0.3) is 11.9 Å². The molecule has 1 aromatic rings. The van der Waals surface area contributed by atoms with Crippen molar-refractivity contribution in [2.75, 3.05) is 33.5 Å². The molecule has 0 N–H and O–H groups in total. The van der Waals surface area contributed by atoms with Crippen molar-refractivity contribution in [2.45, 2.75) is 6.42 Å². The summed E-state index contributed by atoms with van der Waals surface area (Å²) < 4.78 is 66.0. The van der Waals surface area contributed by atoms with E-state index in [2.05, 4.69) is 9.72 Å². The quantitative estimate of drug-likeness (QED) is 0.416. The van der Waals surface area contributed by atoms with Crippen LogP contribution in [0.2, 0.25) is 0 Å². The molecule has 0 saturated heterocycles. The van der Waals surface area contributed by atoms with Crippen molar-refractivity contribution in [1.29, 1.82) is 0 Å².